The fourth-order valence-corrected chi connectivity index (χ4v) is 5.44. The third kappa shape index (κ3) is 6.00. The molecule has 0 atom stereocenters. The number of aromatic nitrogens is 3. The summed E-state index contributed by atoms with van der Waals surface area (Å²) < 4.78 is 2.00. The van der Waals surface area contributed by atoms with Crippen LogP contribution in [0.4, 0.5) is 0 Å². The molecular weight excluding hydrogens is 444 g/mol. The van der Waals surface area contributed by atoms with Crippen molar-refractivity contribution in [3.05, 3.63) is 83.1 Å². The minimum atomic E-state index is 0.00518. The molecule has 1 N–H and O–H groups in total. The second kappa shape index (κ2) is 11.2. The average Bonchev–Trinajstić information content (AvgIpc) is 3.48. The Morgan fingerprint density at radius 3 is 2.48 bits per heavy atom. The normalized spacial score (nSPS) is 10.8. The average molecular weight is 467 g/mol. The van der Waals surface area contributed by atoms with Gasteiger partial charge in [0.1, 0.15) is 0 Å². The zero-order chi connectivity index (χ0) is 21.3. The number of hydrogen-bond acceptors (Lipinski definition) is 6. The van der Waals surface area contributed by atoms with E-state index >= 15 is 0 Å². The van der Waals surface area contributed by atoms with E-state index in [9.17, 15) is 4.79 Å². The Morgan fingerprint density at radius 2 is 1.74 bits per heavy atom. The molecule has 158 valence electrons. The van der Waals surface area contributed by atoms with Crippen LogP contribution in [0.3, 0.4) is 0 Å². The van der Waals surface area contributed by atoms with E-state index < -0.39 is 0 Å². The Hall–Kier alpha value is -2.55. The number of nitrogens with zero attached hydrogens (tertiary/aromatic N) is 3. The van der Waals surface area contributed by atoms with Gasteiger partial charge in [0.05, 0.1) is 5.75 Å². The third-order valence-corrected chi connectivity index (χ3v) is 7.40. The lowest BCUT2D eigenvalue weighted by atomic mass is 10.2. The summed E-state index contributed by atoms with van der Waals surface area (Å²) in [6.45, 7) is 0.663. The molecule has 0 aliphatic heterocycles. The van der Waals surface area contributed by atoms with E-state index in [0.717, 1.165) is 28.6 Å². The predicted molar refractivity (Wildman–Crippen MR) is 131 cm³/mol. The first kappa shape index (κ1) is 21.7. The SMILES string of the molecule is O=C(CSc1nnc(-c2ccccc2)n1-c1ccccc1)NCCSCc1cccs1. The van der Waals surface area contributed by atoms with E-state index in [1.165, 1.54) is 16.6 Å². The first-order valence-electron chi connectivity index (χ1n) is 9.87. The predicted octanol–water partition coefficient (Wildman–Crippen LogP) is 5.14. The van der Waals surface area contributed by atoms with Crippen LogP contribution in [0.15, 0.2) is 83.3 Å². The van der Waals surface area contributed by atoms with Crippen molar-refractivity contribution in [2.45, 2.75) is 10.9 Å². The maximum absolute atomic E-state index is 12.3. The Balaban J connectivity index is 1.36. The highest BCUT2D eigenvalue weighted by molar-refractivity contribution is 7.99. The maximum atomic E-state index is 12.3. The van der Waals surface area contributed by atoms with Crippen molar-refractivity contribution in [1.29, 1.82) is 0 Å². The van der Waals surface area contributed by atoms with Crippen molar-refractivity contribution in [1.82, 2.24) is 20.1 Å². The van der Waals surface area contributed by atoms with Crippen LogP contribution in [-0.2, 0) is 10.5 Å². The van der Waals surface area contributed by atoms with E-state index in [-0.39, 0.29) is 5.91 Å². The van der Waals surface area contributed by atoms with E-state index in [2.05, 4.69) is 33.0 Å². The van der Waals surface area contributed by atoms with Gasteiger partial charge in [0.2, 0.25) is 5.91 Å². The largest absolute Gasteiger partial charge is 0.355 e. The third-order valence-electron chi connectivity index (χ3n) is 4.41. The first-order valence-corrected chi connectivity index (χ1v) is 12.9. The van der Waals surface area contributed by atoms with E-state index in [1.807, 2.05) is 77.0 Å². The fraction of sp³-hybridized carbons (Fsp3) is 0.174. The summed E-state index contributed by atoms with van der Waals surface area (Å²) in [4.78, 5) is 13.7. The minimum Gasteiger partial charge on any atom is -0.355 e. The van der Waals surface area contributed by atoms with E-state index in [1.54, 1.807) is 11.3 Å². The maximum Gasteiger partial charge on any atom is 0.230 e. The molecule has 0 fully saturated rings. The van der Waals surface area contributed by atoms with Crippen molar-refractivity contribution in [3.63, 3.8) is 0 Å². The molecule has 0 spiro atoms. The number of thiophene rings is 1. The monoisotopic (exact) mass is 466 g/mol. The molecule has 0 radical (unpaired) electrons. The summed E-state index contributed by atoms with van der Waals surface area (Å²) in [6, 6.07) is 24.2. The van der Waals surface area contributed by atoms with Crippen molar-refractivity contribution in [2.75, 3.05) is 18.1 Å². The van der Waals surface area contributed by atoms with Gasteiger partial charge in [0.25, 0.3) is 0 Å². The van der Waals surface area contributed by atoms with Crippen LogP contribution in [0.25, 0.3) is 17.1 Å². The summed E-state index contributed by atoms with van der Waals surface area (Å²) in [5, 5.41) is 14.6. The molecule has 4 aromatic rings. The molecule has 2 aromatic heterocycles. The molecule has 0 aliphatic carbocycles. The fourth-order valence-electron chi connectivity index (χ4n) is 2.96. The van der Waals surface area contributed by atoms with Crippen LogP contribution in [0.1, 0.15) is 4.88 Å². The number of carbonyl (C=O) groups excluding carboxylic acids is 1. The summed E-state index contributed by atoms with van der Waals surface area (Å²) >= 11 is 5.00. The summed E-state index contributed by atoms with van der Waals surface area (Å²) in [6.07, 6.45) is 0. The van der Waals surface area contributed by atoms with Crippen LogP contribution in [0, 0.1) is 0 Å². The quantitative estimate of drug-likeness (QED) is 0.259. The van der Waals surface area contributed by atoms with Crippen molar-refractivity contribution in [2.24, 2.45) is 0 Å². The number of benzene rings is 2. The molecule has 8 heteroatoms. The zero-order valence-corrected chi connectivity index (χ0v) is 19.3. The lowest BCUT2D eigenvalue weighted by Crippen LogP contribution is -2.27. The van der Waals surface area contributed by atoms with Gasteiger partial charge in [-0.05, 0) is 23.6 Å². The molecule has 0 saturated heterocycles. The van der Waals surface area contributed by atoms with Crippen LogP contribution in [-0.4, -0.2) is 38.7 Å². The Kier molecular flexibility index (Phi) is 7.81. The minimum absolute atomic E-state index is 0.00518. The topological polar surface area (TPSA) is 59.8 Å². The van der Waals surface area contributed by atoms with Crippen molar-refractivity contribution in [3.8, 4) is 17.1 Å². The molecule has 1 amide bonds. The number of amides is 1. The molecule has 5 nitrogen and oxygen atoms in total. The van der Waals surface area contributed by atoms with Gasteiger partial charge in [-0.15, -0.1) is 21.5 Å². The highest BCUT2D eigenvalue weighted by Crippen LogP contribution is 2.27. The second-order valence-electron chi connectivity index (χ2n) is 6.61. The van der Waals surface area contributed by atoms with Gasteiger partial charge in [-0.25, -0.2) is 0 Å². The Morgan fingerprint density at radius 1 is 0.968 bits per heavy atom. The summed E-state index contributed by atoms with van der Waals surface area (Å²) in [5.74, 6) is 2.96. The van der Waals surface area contributed by atoms with Gasteiger partial charge in [0.15, 0.2) is 11.0 Å². The lowest BCUT2D eigenvalue weighted by molar-refractivity contribution is -0.118. The molecule has 0 bridgehead atoms. The highest BCUT2D eigenvalue weighted by atomic mass is 32.2. The number of carbonyl (C=O) groups is 1. The number of nitrogens with one attached hydrogen (secondary N) is 1. The Bertz CT molecular complexity index is 1080. The summed E-state index contributed by atoms with van der Waals surface area (Å²) in [7, 11) is 0. The molecular formula is C23H22N4OS3. The standard InChI is InChI=1S/C23H22N4OS3/c28-21(24-13-15-29-16-20-12-7-14-30-20)17-31-23-26-25-22(18-8-3-1-4-9-18)27(23)19-10-5-2-6-11-19/h1-12,14H,13,15-17H2,(H,24,28). The van der Waals surface area contributed by atoms with Crippen molar-refractivity contribution < 1.29 is 4.79 Å². The molecule has 2 heterocycles. The van der Waals surface area contributed by atoms with Gasteiger partial charge in [0, 0.05) is 34.2 Å². The van der Waals surface area contributed by atoms with Crippen LogP contribution in [0.5, 0.6) is 0 Å². The smallest absolute Gasteiger partial charge is 0.230 e. The number of hydrogen-bond donors (Lipinski definition) is 1. The highest BCUT2D eigenvalue weighted by Gasteiger charge is 2.17. The van der Waals surface area contributed by atoms with Gasteiger partial charge in [-0.1, -0.05) is 66.4 Å². The van der Waals surface area contributed by atoms with Gasteiger partial charge >= 0.3 is 0 Å². The molecule has 31 heavy (non-hydrogen) atoms. The van der Waals surface area contributed by atoms with E-state index in [0.29, 0.717) is 17.5 Å². The Labute approximate surface area is 194 Å². The second-order valence-corrected chi connectivity index (χ2v) is 9.69. The molecule has 0 aliphatic rings. The molecule has 0 saturated carbocycles. The lowest BCUT2D eigenvalue weighted by Gasteiger charge is -2.10. The van der Waals surface area contributed by atoms with Crippen LogP contribution >= 0.6 is 34.9 Å². The zero-order valence-electron chi connectivity index (χ0n) is 16.8. The van der Waals surface area contributed by atoms with Crippen molar-refractivity contribution >= 4 is 40.8 Å². The van der Waals surface area contributed by atoms with Crippen LogP contribution < -0.4 is 5.32 Å². The number of rotatable bonds is 10. The summed E-state index contributed by atoms with van der Waals surface area (Å²) in [5.41, 5.74) is 1.96. The van der Waals surface area contributed by atoms with Gasteiger partial charge in [-0.3, -0.25) is 9.36 Å². The van der Waals surface area contributed by atoms with Crippen LogP contribution in [0.2, 0.25) is 0 Å². The number of para-hydroxylation sites is 1. The molecule has 0 unspecified atom stereocenters. The first-order chi connectivity index (χ1) is 15.3. The molecule has 2 aromatic carbocycles. The molecule has 4 rings (SSSR count). The van der Waals surface area contributed by atoms with E-state index in [4.69, 9.17) is 0 Å². The number of thioether (sulfide) groups is 2. The van der Waals surface area contributed by atoms with Gasteiger partial charge < -0.3 is 5.32 Å². The van der Waals surface area contributed by atoms with Gasteiger partial charge in [-0.2, -0.15) is 11.8 Å².